The normalized spacial score (nSPS) is 11.6. The van der Waals surface area contributed by atoms with Crippen molar-refractivity contribution in [2.24, 2.45) is 0 Å². The molecule has 26 heavy (non-hydrogen) atoms. The molecule has 0 aliphatic heterocycles. The molecule has 7 nitrogen and oxygen atoms in total. The molecule has 1 N–H and O–H groups in total. The third kappa shape index (κ3) is 4.10. The van der Waals surface area contributed by atoms with E-state index in [2.05, 4.69) is 15.5 Å². The summed E-state index contributed by atoms with van der Waals surface area (Å²) >= 11 is 0. The predicted octanol–water partition coefficient (Wildman–Crippen LogP) is 3.06. The van der Waals surface area contributed by atoms with E-state index in [-0.39, 0.29) is 11.3 Å². The van der Waals surface area contributed by atoms with Crippen molar-refractivity contribution in [2.45, 2.75) is 13.0 Å². The van der Waals surface area contributed by atoms with Gasteiger partial charge >= 0.3 is 5.97 Å². The summed E-state index contributed by atoms with van der Waals surface area (Å²) in [6.07, 6.45) is 0.150. The molecule has 1 amide bonds. The van der Waals surface area contributed by atoms with Crippen LogP contribution in [0.1, 0.15) is 17.3 Å². The number of carbonyl (C=O) groups excluding carboxylic acids is 2. The Morgan fingerprint density at radius 2 is 1.96 bits per heavy atom. The lowest BCUT2D eigenvalue weighted by atomic mass is 10.1. The summed E-state index contributed by atoms with van der Waals surface area (Å²) in [7, 11) is 0. The van der Waals surface area contributed by atoms with E-state index in [0.717, 1.165) is 0 Å². The number of benzene rings is 2. The van der Waals surface area contributed by atoms with Crippen molar-refractivity contribution < 1.29 is 23.1 Å². The maximum atomic E-state index is 13.1. The summed E-state index contributed by atoms with van der Waals surface area (Å²) in [5.41, 5.74) is 1.19. The number of aromatic nitrogens is 2. The first-order valence-corrected chi connectivity index (χ1v) is 7.67. The molecule has 8 heteroatoms. The SMILES string of the molecule is C[C@H](OC(=O)c1ccc(-c2nnco2)cc1)C(=O)Nc1cccc(F)c1. The number of anilines is 1. The monoisotopic (exact) mass is 355 g/mol. The van der Waals surface area contributed by atoms with E-state index in [9.17, 15) is 14.0 Å². The van der Waals surface area contributed by atoms with Gasteiger partial charge in [-0.2, -0.15) is 0 Å². The van der Waals surface area contributed by atoms with Gasteiger partial charge in [0.15, 0.2) is 6.10 Å². The van der Waals surface area contributed by atoms with Gasteiger partial charge < -0.3 is 14.5 Å². The van der Waals surface area contributed by atoms with E-state index in [1.54, 1.807) is 12.1 Å². The Morgan fingerprint density at radius 3 is 2.62 bits per heavy atom. The zero-order valence-electron chi connectivity index (χ0n) is 13.7. The molecule has 0 aliphatic rings. The van der Waals surface area contributed by atoms with E-state index in [1.807, 2.05) is 0 Å². The molecule has 0 radical (unpaired) electrons. The van der Waals surface area contributed by atoms with Crippen LogP contribution in [-0.4, -0.2) is 28.2 Å². The molecule has 1 atom stereocenters. The maximum absolute atomic E-state index is 13.1. The van der Waals surface area contributed by atoms with Crippen LogP contribution in [0.3, 0.4) is 0 Å². The summed E-state index contributed by atoms with van der Waals surface area (Å²) in [5, 5.41) is 9.83. The maximum Gasteiger partial charge on any atom is 0.338 e. The average molecular weight is 355 g/mol. The molecule has 0 aliphatic carbocycles. The summed E-state index contributed by atoms with van der Waals surface area (Å²) in [5.74, 6) is -1.38. The smallest absolute Gasteiger partial charge is 0.338 e. The van der Waals surface area contributed by atoms with Gasteiger partial charge in [0, 0.05) is 11.3 Å². The highest BCUT2D eigenvalue weighted by Crippen LogP contribution is 2.17. The minimum atomic E-state index is -1.05. The van der Waals surface area contributed by atoms with E-state index in [4.69, 9.17) is 9.15 Å². The summed E-state index contributed by atoms with van der Waals surface area (Å²) in [6.45, 7) is 1.43. The number of amides is 1. The average Bonchev–Trinajstić information content (AvgIpc) is 3.16. The van der Waals surface area contributed by atoms with Gasteiger partial charge in [0.25, 0.3) is 5.91 Å². The van der Waals surface area contributed by atoms with Crippen LogP contribution in [0.5, 0.6) is 0 Å². The third-order valence-electron chi connectivity index (χ3n) is 3.47. The molecule has 0 spiro atoms. The van der Waals surface area contributed by atoms with Crippen molar-refractivity contribution in [3.05, 3.63) is 66.3 Å². The minimum Gasteiger partial charge on any atom is -0.449 e. The van der Waals surface area contributed by atoms with E-state index in [1.165, 1.54) is 49.7 Å². The highest BCUT2D eigenvalue weighted by Gasteiger charge is 2.19. The molecule has 0 bridgehead atoms. The summed E-state index contributed by atoms with van der Waals surface area (Å²) in [4.78, 5) is 24.2. The fourth-order valence-electron chi connectivity index (χ4n) is 2.14. The van der Waals surface area contributed by atoms with Crippen molar-refractivity contribution in [1.82, 2.24) is 10.2 Å². The number of carbonyl (C=O) groups is 2. The predicted molar refractivity (Wildman–Crippen MR) is 89.6 cm³/mol. The molecule has 0 saturated carbocycles. The Hall–Kier alpha value is -3.55. The van der Waals surface area contributed by atoms with E-state index < -0.39 is 23.8 Å². The number of esters is 1. The second-order valence-electron chi connectivity index (χ2n) is 5.37. The molecule has 0 saturated heterocycles. The topological polar surface area (TPSA) is 94.3 Å². The molecular formula is C18H14FN3O4. The Labute approximate surface area is 147 Å². The third-order valence-corrected chi connectivity index (χ3v) is 3.47. The Bertz CT molecular complexity index is 910. The van der Waals surface area contributed by atoms with Gasteiger partial charge in [-0.3, -0.25) is 4.79 Å². The van der Waals surface area contributed by atoms with Gasteiger partial charge in [-0.15, -0.1) is 10.2 Å². The lowest BCUT2D eigenvalue weighted by molar-refractivity contribution is -0.123. The van der Waals surface area contributed by atoms with Gasteiger partial charge in [0.2, 0.25) is 12.3 Å². The Kier molecular flexibility index (Phi) is 5.02. The number of nitrogens with one attached hydrogen (secondary N) is 1. The second-order valence-corrected chi connectivity index (χ2v) is 5.37. The Balaban J connectivity index is 1.60. The van der Waals surface area contributed by atoms with Crippen LogP contribution < -0.4 is 5.32 Å². The van der Waals surface area contributed by atoms with Gasteiger partial charge in [0.05, 0.1) is 5.56 Å². The van der Waals surface area contributed by atoms with Crippen molar-refractivity contribution in [3.8, 4) is 11.5 Å². The van der Waals surface area contributed by atoms with Crippen LogP contribution in [-0.2, 0) is 9.53 Å². The Morgan fingerprint density at radius 1 is 1.19 bits per heavy atom. The summed E-state index contributed by atoms with van der Waals surface area (Å²) < 4.78 is 23.3. The van der Waals surface area contributed by atoms with Crippen LogP contribution in [0, 0.1) is 5.82 Å². The van der Waals surface area contributed by atoms with Crippen LogP contribution in [0.4, 0.5) is 10.1 Å². The number of rotatable bonds is 5. The van der Waals surface area contributed by atoms with E-state index >= 15 is 0 Å². The second kappa shape index (κ2) is 7.56. The quantitative estimate of drug-likeness (QED) is 0.707. The molecule has 1 heterocycles. The number of halogens is 1. The molecular weight excluding hydrogens is 341 g/mol. The van der Waals surface area contributed by atoms with Crippen LogP contribution in [0.25, 0.3) is 11.5 Å². The molecule has 0 fully saturated rings. The zero-order chi connectivity index (χ0) is 18.5. The lowest BCUT2D eigenvalue weighted by Crippen LogP contribution is -2.30. The number of hydrogen-bond donors (Lipinski definition) is 1. The molecule has 3 aromatic rings. The lowest BCUT2D eigenvalue weighted by Gasteiger charge is -2.13. The van der Waals surface area contributed by atoms with Crippen molar-refractivity contribution in [1.29, 1.82) is 0 Å². The highest BCUT2D eigenvalue weighted by molar-refractivity contribution is 5.97. The van der Waals surface area contributed by atoms with E-state index in [0.29, 0.717) is 11.5 Å². The molecule has 3 rings (SSSR count). The fraction of sp³-hybridized carbons (Fsp3) is 0.111. The first-order chi connectivity index (χ1) is 12.5. The van der Waals surface area contributed by atoms with Crippen LogP contribution >= 0.6 is 0 Å². The molecule has 132 valence electrons. The molecule has 1 aromatic heterocycles. The highest BCUT2D eigenvalue weighted by atomic mass is 19.1. The number of ether oxygens (including phenoxy) is 1. The van der Waals surface area contributed by atoms with Crippen LogP contribution in [0.2, 0.25) is 0 Å². The summed E-state index contributed by atoms with van der Waals surface area (Å²) in [6, 6.07) is 11.7. The fourth-order valence-corrected chi connectivity index (χ4v) is 2.14. The molecule has 0 unspecified atom stereocenters. The number of hydrogen-bond acceptors (Lipinski definition) is 6. The van der Waals surface area contributed by atoms with Gasteiger partial charge in [-0.1, -0.05) is 6.07 Å². The zero-order valence-corrected chi connectivity index (χ0v) is 13.7. The number of nitrogens with zero attached hydrogens (tertiary/aromatic N) is 2. The largest absolute Gasteiger partial charge is 0.449 e. The first-order valence-electron chi connectivity index (χ1n) is 7.67. The van der Waals surface area contributed by atoms with Crippen molar-refractivity contribution in [2.75, 3.05) is 5.32 Å². The molecule has 2 aromatic carbocycles. The van der Waals surface area contributed by atoms with Gasteiger partial charge in [-0.25, -0.2) is 9.18 Å². The van der Waals surface area contributed by atoms with Crippen molar-refractivity contribution in [3.63, 3.8) is 0 Å². The van der Waals surface area contributed by atoms with Gasteiger partial charge in [0.1, 0.15) is 5.82 Å². The minimum absolute atomic E-state index is 0.263. The standard InChI is InChI=1S/C18H14FN3O4/c1-11(16(23)21-15-4-2-3-14(19)9-15)26-18(24)13-7-5-12(6-8-13)17-22-20-10-25-17/h2-11H,1H3,(H,21,23)/t11-/m0/s1. The van der Waals surface area contributed by atoms with Crippen molar-refractivity contribution >= 4 is 17.6 Å². The van der Waals surface area contributed by atoms with Gasteiger partial charge in [-0.05, 0) is 49.4 Å². The van der Waals surface area contributed by atoms with Crippen LogP contribution in [0.15, 0.2) is 59.3 Å². The first kappa shape index (κ1) is 17.3.